The van der Waals surface area contributed by atoms with Crippen LogP contribution in [-0.4, -0.2) is 82.8 Å². The predicted octanol–water partition coefficient (Wildman–Crippen LogP) is 4.17. The first kappa shape index (κ1) is 30.0. The molecule has 4 fully saturated rings. The minimum absolute atomic E-state index is 0.103. The van der Waals surface area contributed by atoms with E-state index in [0.717, 1.165) is 97.0 Å². The summed E-state index contributed by atoms with van der Waals surface area (Å²) in [4.78, 5) is 2.53. The van der Waals surface area contributed by atoms with E-state index in [-0.39, 0.29) is 17.4 Å². The van der Waals surface area contributed by atoms with E-state index < -0.39 is 11.7 Å². The van der Waals surface area contributed by atoms with Crippen molar-refractivity contribution in [2.24, 2.45) is 40.7 Å². The molecule has 0 amide bonds. The van der Waals surface area contributed by atoms with E-state index >= 15 is 0 Å². The lowest BCUT2D eigenvalue weighted by molar-refractivity contribution is -0.124. The number of rotatable bonds is 11. The van der Waals surface area contributed by atoms with Crippen molar-refractivity contribution in [3.05, 3.63) is 0 Å². The van der Waals surface area contributed by atoms with Crippen molar-refractivity contribution in [3.8, 4) is 0 Å². The summed E-state index contributed by atoms with van der Waals surface area (Å²) in [7, 11) is 0. The Morgan fingerprint density at radius 2 is 1.81 bits per heavy atom. The van der Waals surface area contributed by atoms with Crippen LogP contribution in [0.1, 0.15) is 90.9 Å². The van der Waals surface area contributed by atoms with Gasteiger partial charge in [-0.2, -0.15) is 0 Å². The summed E-state index contributed by atoms with van der Waals surface area (Å²) < 4.78 is 6.40. The Balaban J connectivity index is 1.36. The van der Waals surface area contributed by atoms with Crippen LogP contribution in [-0.2, 0) is 4.74 Å². The van der Waals surface area contributed by atoms with E-state index in [9.17, 15) is 15.3 Å². The van der Waals surface area contributed by atoms with Crippen LogP contribution >= 0.6 is 11.6 Å². The second-order valence-corrected chi connectivity index (χ2v) is 14.4. The van der Waals surface area contributed by atoms with Crippen LogP contribution < -0.4 is 5.73 Å². The number of hydrogen-bond acceptors (Lipinski definition) is 6. The first-order valence-corrected chi connectivity index (χ1v) is 15.8. The topological polar surface area (TPSA) is 99.2 Å². The quantitative estimate of drug-likeness (QED) is 0.292. The third-order valence-electron chi connectivity index (χ3n) is 10.8. The summed E-state index contributed by atoms with van der Waals surface area (Å²) >= 11 is 6.38. The molecular formula is C30H55ClN2O4. The van der Waals surface area contributed by atoms with Gasteiger partial charge >= 0.3 is 0 Å². The second kappa shape index (κ2) is 13.1. The van der Waals surface area contributed by atoms with Gasteiger partial charge in [0.25, 0.3) is 0 Å². The van der Waals surface area contributed by atoms with Crippen molar-refractivity contribution >= 4 is 11.6 Å². The van der Waals surface area contributed by atoms with Gasteiger partial charge in [-0.05, 0) is 120 Å². The van der Waals surface area contributed by atoms with Crippen LogP contribution in [0.15, 0.2) is 0 Å². The molecule has 0 bridgehead atoms. The number of nitrogens with zero attached hydrogens (tertiary/aromatic N) is 1. The molecule has 2 aliphatic carbocycles. The third kappa shape index (κ3) is 7.04. The molecule has 6 unspecified atom stereocenters. The van der Waals surface area contributed by atoms with Gasteiger partial charge in [0, 0.05) is 23.9 Å². The highest BCUT2D eigenvalue weighted by molar-refractivity contribution is 6.20. The minimum Gasteiger partial charge on any atom is -0.394 e. The van der Waals surface area contributed by atoms with Gasteiger partial charge in [-0.1, -0.05) is 13.8 Å². The molecule has 2 saturated carbocycles. The molecule has 4 aliphatic rings. The maximum absolute atomic E-state index is 11.9. The van der Waals surface area contributed by atoms with E-state index in [1.54, 1.807) is 0 Å². The van der Waals surface area contributed by atoms with Crippen molar-refractivity contribution in [1.29, 1.82) is 0 Å². The molecule has 216 valence electrons. The third-order valence-corrected chi connectivity index (χ3v) is 11.3. The van der Waals surface area contributed by atoms with Crippen LogP contribution in [0, 0.1) is 35.0 Å². The molecule has 4 rings (SSSR count). The SMILES string of the molecule is CC1(C)CN(CCCC2C3CC(CC(O)CO)CCC3OC[C@H]2CCCN)CC1(O)C1CCC(Cl)CC1. The number of fused-ring (bicyclic) bond motifs is 1. The highest BCUT2D eigenvalue weighted by atomic mass is 35.5. The van der Waals surface area contributed by atoms with Crippen LogP contribution in [0.3, 0.4) is 0 Å². The number of aliphatic hydroxyl groups is 3. The lowest BCUT2D eigenvalue weighted by atomic mass is 9.65. The van der Waals surface area contributed by atoms with Crippen LogP contribution in [0.2, 0.25) is 0 Å². The van der Waals surface area contributed by atoms with Crippen molar-refractivity contribution in [2.75, 3.05) is 39.4 Å². The van der Waals surface area contributed by atoms with Gasteiger partial charge in [0.15, 0.2) is 0 Å². The zero-order valence-electron chi connectivity index (χ0n) is 23.5. The number of halogens is 1. The van der Waals surface area contributed by atoms with Gasteiger partial charge < -0.3 is 25.8 Å². The van der Waals surface area contributed by atoms with E-state index in [1.807, 2.05) is 0 Å². The predicted molar refractivity (Wildman–Crippen MR) is 150 cm³/mol. The maximum Gasteiger partial charge on any atom is 0.0864 e. The number of ether oxygens (including phenoxy) is 1. The first-order chi connectivity index (χ1) is 17.7. The molecule has 0 spiro atoms. The number of β-amino-alcohol motifs (C(OH)–C–C–N with tert-alkyl or cyclic N) is 1. The number of likely N-dealkylation sites (tertiary alicyclic amines) is 1. The Morgan fingerprint density at radius 1 is 1.05 bits per heavy atom. The molecule has 5 N–H and O–H groups in total. The average Bonchev–Trinajstić information content (AvgIpc) is 3.11. The summed E-state index contributed by atoms with van der Waals surface area (Å²) in [6.07, 6.45) is 12.4. The molecule has 37 heavy (non-hydrogen) atoms. The van der Waals surface area contributed by atoms with E-state index in [4.69, 9.17) is 22.1 Å². The molecule has 0 aromatic carbocycles. The number of aliphatic hydroxyl groups excluding tert-OH is 2. The van der Waals surface area contributed by atoms with Gasteiger partial charge in [-0.3, -0.25) is 4.90 Å². The molecule has 0 radical (unpaired) electrons. The highest BCUT2D eigenvalue weighted by Crippen LogP contribution is 2.49. The lowest BCUT2D eigenvalue weighted by Crippen LogP contribution is -2.51. The molecule has 7 heteroatoms. The standard InChI is InChI=1S/C30H55ClN2O4/c1-29(2)19-33(20-30(29,36)23-8-10-24(31)11-9-23)14-4-6-26-22(5-3-13-32)18-37-28-12-7-21(16-27(26)28)15-25(35)17-34/h21-28,34-36H,3-20,32H2,1-2H3/t21?,22-,23?,24?,25?,26?,27?,28?,30?/m1/s1. The van der Waals surface area contributed by atoms with Crippen LogP contribution in [0.5, 0.6) is 0 Å². The minimum atomic E-state index is -0.623. The largest absolute Gasteiger partial charge is 0.394 e. The Morgan fingerprint density at radius 3 is 2.51 bits per heavy atom. The summed E-state index contributed by atoms with van der Waals surface area (Å²) in [6.45, 7) is 8.75. The van der Waals surface area contributed by atoms with Crippen LogP contribution in [0.25, 0.3) is 0 Å². The molecule has 2 heterocycles. The van der Waals surface area contributed by atoms with Crippen molar-refractivity contribution in [2.45, 2.75) is 114 Å². The molecule has 2 aliphatic heterocycles. The first-order valence-electron chi connectivity index (χ1n) is 15.4. The van der Waals surface area contributed by atoms with Crippen molar-refractivity contribution < 1.29 is 20.1 Å². The number of nitrogens with two attached hydrogens (primary N) is 1. The second-order valence-electron chi connectivity index (χ2n) is 13.8. The van der Waals surface area contributed by atoms with Crippen molar-refractivity contribution in [1.82, 2.24) is 4.90 Å². The fourth-order valence-electron chi connectivity index (χ4n) is 8.67. The Hall–Kier alpha value is 0.0500. The normalized spacial score (nSPS) is 41.4. The molecular weight excluding hydrogens is 488 g/mol. The summed E-state index contributed by atoms with van der Waals surface area (Å²) in [5.41, 5.74) is 5.16. The molecule has 6 nitrogen and oxygen atoms in total. The van der Waals surface area contributed by atoms with Crippen molar-refractivity contribution in [3.63, 3.8) is 0 Å². The zero-order chi connectivity index (χ0) is 26.6. The van der Waals surface area contributed by atoms with Gasteiger partial charge in [-0.15, -0.1) is 11.6 Å². The number of alkyl halides is 1. The Bertz CT molecular complexity index is 703. The monoisotopic (exact) mass is 542 g/mol. The molecule has 7 atom stereocenters. The van der Waals surface area contributed by atoms with E-state index in [2.05, 4.69) is 18.7 Å². The van der Waals surface area contributed by atoms with Gasteiger partial charge in [0.05, 0.1) is 31.0 Å². The fraction of sp³-hybridized carbons (Fsp3) is 1.00. The Labute approximate surface area is 230 Å². The van der Waals surface area contributed by atoms with E-state index in [0.29, 0.717) is 42.1 Å². The fourth-order valence-corrected chi connectivity index (χ4v) is 8.93. The molecule has 0 aromatic heterocycles. The average molecular weight is 543 g/mol. The Kier molecular flexibility index (Phi) is 10.7. The van der Waals surface area contributed by atoms with Gasteiger partial charge in [0.1, 0.15) is 0 Å². The summed E-state index contributed by atoms with van der Waals surface area (Å²) in [6, 6.07) is 0. The zero-order valence-corrected chi connectivity index (χ0v) is 24.3. The van der Waals surface area contributed by atoms with E-state index in [1.165, 1.54) is 6.42 Å². The smallest absolute Gasteiger partial charge is 0.0864 e. The lowest BCUT2D eigenvalue weighted by Gasteiger charge is -2.48. The summed E-state index contributed by atoms with van der Waals surface area (Å²) in [5, 5.41) is 31.6. The summed E-state index contributed by atoms with van der Waals surface area (Å²) in [5.74, 6) is 2.56. The van der Waals surface area contributed by atoms with Gasteiger partial charge in [-0.25, -0.2) is 0 Å². The number of hydrogen-bond donors (Lipinski definition) is 4. The molecule has 2 saturated heterocycles. The van der Waals surface area contributed by atoms with Gasteiger partial charge in [0.2, 0.25) is 0 Å². The highest BCUT2D eigenvalue weighted by Gasteiger charge is 2.55. The maximum atomic E-state index is 11.9. The molecule has 0 aromatic rings. The van der Waals surface area contributed by atoms with Crippen LogP contribution in [0.4, 0.5) is 0 Å².